The number of nitrogen functional groups attached to an aromatic ring is 1. The molecular weight excluding hydrogens is 693 g/mol. The highest BCUT2D eigenvalue weighted by atomic mass is 32.2. The zero-order chi connectivity index (χ0) is 34.8. The van der Waals surface area contributed by atoms with Gasteiger partial charge in [-0.05, 0) is 31.1 Å². The van der Waals surface area contributed by atoms with E-state index in [2.05, 4.69) is 31.7 Å². The minimum atomic E-state index is -4.04. The number of nitrogens with two attached hydrogens (primary N) is 1. The Balaban J connectivity index is 1.29. The number of hydrogen-bond acceptors (Lipinski definition) is 13. The van der Waals surface area contributed by atoms with Crippen molar-refractivity contribution in [2.45, 2.75) is 29.9 Å². The lowest BCUT2D eigenvalue weighted by atomic mass is 9.99. The molecule has 1 saturated carbocycles. The SMILES string of the molecule is C=CC(=O)N[C@@H]1COCCN(c2c3c(nc4c(F)c(-c5ccc(F)c6sc(N)nc56)ncc24)O[C@H](C2(CN4CCOCC4)CC2)CS3(=O)=O)C1. The molecule has 2 saturated heterocycles. The summed E-state index contributed by atoms with van der Waals surface area (Å²) in [7, 11) is -4.04. The Morgan fingerprint density at radius 2 is 1.92 bits per heavy atom. The van der Waals surface area contributed by atoms with Gasteiger partial charge in [-0.1, -0.05) is 17.9 Å². The van der Waals surface area contributed by atoms with E-state index in [4.69, 9.17) is 19.9 Å². The summed E-state index contributed by atoms with van der Waals surface area (Å²) in [5, 5.41) is 3.07. The molecule has 3 fully saturated rings. The maximum absolute atomic E-state index is 16.9. The molecule has 3 aromatic heterocycles. The molecule has 13 nitrogen and oxygen atoms in total. The average molecular weight is 728 g/mol. The Morgan fingerprint density at radius 3 is 2.68 bits per heavy atom. The number of hydrogen-bond donors (Lipinski definition) is 2. The van der Waals surface area contributed by atoms with E-state index in [1.54, 1.807) is 4.90 Å². The van der Waals surface area contributed by atoms with Crippen LogP contribution in [0.3, 0.4) is 0 Å². The fraction of sp³-hybridized carbons (Fsp3) is 0.455. The van der Waals surface area contributed by atoms with Crippen molar-refractivity contribution in [2.75, 3.05) is 75.5 Å². The Labute approximate surface area is 290 Å². The largest absolute Gasteiger partial charge is 0.472 e. The number of nitrogens with one attached hydrogen (secondary N) is 1. The molecule has 0 radical (unpaired) electrons. The number of aromatic nitrogens is 3. The highest BCUT2D eigenvalue weighted by Crippen LogP contribution is 2.54. The van der Waals surface area contributed by atoms with E-state index >= 15 is 4.39 Å². The Hall–Kier alpha value is -4.03. The molecular formula is C33H35F2N7O6S2. The number of sulfone groups is 1. The molecule has 3 aliphatic heterocycles. The van der Waals surface area contributed by atoms with E-state index in [9.17, 15) is 17.6 Å². The molecule has 1 amide bonds. The van der Waals surface area contributed by atoms with Crippen molar-refractivity contribution in [3.63, 3.8) is 0 Å². The van der Waals surface area contributed by atoms with E-state index in [-0.39, 0.29) is 86.0 Å². The first-order chi connectivity index (χ1) is 24.1. The van der Waals surface area contributed by atoms with E-state index in [1.165, 1.54) is 18.3 Å². The fourth-order valence-corrected chi connectivity index (χ4v) is 9.89. The van der Waals surface area contributed by atoms with Gasteiger partial charge in [-0.25, -0.2) is 27.2 Å². The topological polar surface area (TPSA) is 162 Å². The van der Waals surface area contributed by atoms with Crippen LogP contribution in [0.25, 0.3) is 32.4 Å². The van der Waals surface area contributed by atoms with Crippen molar-refractivity contribution in [2.24, 2.45) is 5.41 Å². The maximum atomic E-state index is 16.9. The smallest absolute Gasteiger partial charge is 0.243 e. The number of thiazole rings is 1. The number of rotatable bonds is 7. The maximum Gasteiger partial charge on any atom is 0.243 e. The lowest BCUT2D eigenvalue weighted by molar-refractivity contribution is -0.117. The van der Waals surface area contributed by atoms with Crippen molar-refractivity contribution in [1.29, 1.82) is 0 Å². The van der Waals surface area contributed by atoms with Crippen molar-refractivity contribution < 1.29 is 36.2 Å². The van der Waals surface area contributed by atoms with E-state index < -0.39 is 44.9 Å². The number of carbonyl (C=O) groups excluding carboxylic acids is 1. The molecule has 4 aliphatic rings. The molecule has 3 N–H and O–H groups in total. The predicted molar refractivity (Wildman–Crippen MR) is 183 cm³/mol. The number of carbonyl (C=O) groups is 1. The molecule has 50 heavy (non-hydrogen) atoms. The van der Waals surface area contributed by atoms with Crippen molar-refractivity contribution in [3.8, 4) is 17.1 Å². The average Bonchev–Trinajstić information content (AvgIpc) is 3.82. The third-order valence-corrected chi connectivity index (χ3v) is 12.5. The van der Waals surface area contributed by atoms with Gasteiger partial charge in [-0.2, -0.15) is 0 Å². The second-order valence-electron chi connectivity index (χ2n) is 13.2. The molecule has 264 valence electrons. The number of anilines is 2. The number of ether oxygens (including phenoxy) is 3. The Kier molecular flexibility index (Phi) is 8.37. The fourth-order valence-electron chi connectivity index (χ4n) is 7.24. The number of benzene rings is 1. The van der Waals surface area contributed by atoms with Crippen LogP contribution in [0.1, 0.15) is 12.8 Å². The second kappa shape index (κ2) is 12.6. The van der Waals surface area contributed by atoms with Crippen LogP contribution in [0.15, 0.2) is 35.9 Å². The Bertz CT molecular complexity index is 2140. The standard InChI is InChI=1S/C33H35F2N7O6S2/c1-2-23(43)38-18-14-42(9-12-47-15-18)28-20-13-37-25(19-3-4-21(34)29-27(19)40-32(36)49-29)24(35)26(20)39-31-30(28)50(44,45)16-22(48-31)33(5-6-33)17-41-7-10-46-11-8-41/h2-4,13,18,22H,1,5-12,14-17H2,(H2,36,40)(H,38,43)/t18-,22-/m0/s1. The quantitative estimate of drug-likeness (QED) is 0.268. The first kappa shape index (κ1) is 33.1. The summed E-state index contributed by atoms with van der Waals surface area (Å²) in [5.74, 6) is -2.27. The summed E-state index contributed by atoms with van der Waals surface area (Å²) in [6.45, 7) is 7.63. The first-order valence-electron chi connectivity index (χ1n) is 16.4. The van der Waals surface area contributed by atoms with Crippen LogP contribution in [-0.2, 0) is 24.1 Å². The number of morpholine rings is 1. The van der Waals surface area contributed by atoms with Gasteiger partial charge >= 0.3 is 0 Å². The monoisotopic (exact) mass is 727 g/mol. The molecule has 1 aromatic carbocycles. The zero-order valence-electron chi connectivity index (χ0n) is 27.0. The number of pyridine rings is 2. The van der Waals surface area contributed by atoms with Crippen molar-refractivity contribution >= 4 is 59.0 Å². The summed E-state index contributed by atoms with van der Waals surface area (Å²) in [4.78, 5) is 29.4. The first-order valence-corrected chi connectivity index (χ1v) is 18.9. The third kappa shape index (κ3) is 5.83. The van der Waals surface area contributed by atoms with Gasteiger partial charge in [0.15, 0.2) is 25.7 Å². The van der Waals surface area contributed by atoms with Crippen LogP contribution in [0.2, 0.25) is 0 Å². The predicted octanol–water partition coefficient (Wildman–Crippen LogP) is 2.92. The summed E-state index contributed by atoms with van der Waals surface area (Å²) in [6.07, 6.45) is 3.38. The molecule has 0 spiro atoms. The number of amides is 1. The van der Waals surface area contributed by atoms with Gasteiger partial charge < -0.3 is 30.2 Å². The normalized spacial score (nSPS) is 23.2. The molecule has 0 unspecified atom stereocenters. The minimum Gasteiger partial charge on any atom is -0.472 e. The lowest BCUT2D eigenvalue weighted by Crippen LogP contribution is -2.48. The highest BCUT2D eigenvalue weighted by molar-refractivity contribution is 7.91. The molecule has 0 bridgehead atoms. The summed E-state index contributed by atoms with van der Waals surface area (Å²) < 4.78 is 78.5. The summed E-state index contributed by atoms with van der Waals surface area (Å²) in [6, 6.07) is 2.04. The van der Waals surface area contributed by atoms with Crippen LogP contribution in [-0.4, -0.2) is 111 Å². The summed E-state index contributed by atoms with van der Waals surface area (Å²) in [5.41, 5.74) is 5.71. The molecule has 1 aliphatic carbocycles. The van der Waals surface area contributed by atoms with E-state index in [0.717, 1.165) is 43.3 Å². The highest BCUT2D eigenvalue weighted by Gasteiger charge is 2.56. The molecule has 4 aromatic rings. The molecule has 6 heterocycles. The van der Waals surface area contributed by atoms with Crippen LogP contribution in [0.5, 0.6) is 5.88 Å². The van der Waals surface area contributed by atoms with Gasteiger partial charge in [-0.3, -0.25) is 14.7 Å². The van der Waals surface area contributed by atoms with Crippen LogP contribution < -0.4 is 20.7 Å². The minimum absolute atomic E-state index is 0.110. The molecule has 17 heteroatoms. The molecule has 8 rings (SSSR count). The number of halogens is 2. The van der Waals surface area contributed by atoms with E-state index in [1.807, 2.05) is 0 Å². The van der Waals surface area contributed by atoms with Crippen LogP contribution in [0, 0.1) is 17.0 Å². The van der Waals surface area contributed by atoms with E-state index in [0.29, 0.717) is 19.8 Å². The third-order valence-electron chi connectivity index (χ3n) is 9.91. The van der Waals surface area contributed by atoms with Crippen LogP contribution >= 0.6 is 11.3 Å². The van der Waals surface area contributed by atoms with Gasteiger partial charge in [0.05, 0.1) is 54.1 Å². The van der Waals surface area contributed by atoms with Gasteiger partial charge in [-0.15, -0.1) is 0 Å². The number of fused-ring (bicyclic) bond motifs is 3. The van der Waals surface area contributed by atoms with Crippen molar-refractivity contribution in [3.05, 3.63) is 42.6 Å². The van der Waals surface area contributed by atoms with Gasteiger partial charge in [0, 0.05) is 55.3 Å². The summed E-state index contributed by atoms with van der Waals surface area (Å²) >= 11 is 0.939. The molecule has 2 atom stereocenters. The number of nitrogens with zero attached hydrogens (tertiary/aromatic N) is 5. The van der Waals surface area contributed by atoms with Crippen molar-refractivity contribution in [1.82, 2.24) is 25.2 Å². The van der Waals surface area contributed by atoms with Gasteiger partial charge in [0.2, 0.25) is 11.8 Å². The zero-order valence-corrected chi connectivity index (χ0v) is 28.6. The lowest BCUT2D eigenvalue weighted by Gasteiger charge is -2.37. The Morgan fingerprint density at radius 1 is 1.14 bits per heavy atom. The van der Waals surface area contributed by atoms with Crippen LogP contribution in [0.4, 0.5) is 19.6 Å². The second-order valence-corrected chi connectivity index (χ2v) is 16.2. The van der Waals surface area contributed by atoms with Gasteiger partial charge in [0.1, 0.15) is 23.1 Å². The van der Waals surface area contributed by atoms with Gasteiger partial charge in [0.25, 0.3) is 0 Å².